The van der Waals surface area contributed by atoms with Crippen LogP contribution in [0.25, 0.3) is 22.2 Å². The summed E-state index contributed by atoms with van der Waals surface area (Å²) in [5, 5.41) is 0.516. The SMILES string of the molecule is O=C(OCc1ncc(-c2ccccc2)o1)c1ccc2c(=O)n3c(nc2c1)CCCCC3. The molecule has 1 aliphatic heterocycles. The Kier molecular flexibility index (Phi) is 5.08. The van der Waals surface area contributed by atoms with E-state index in [2.05, 4.69) is 9.97 Å². The van der Waals surface area contributed by atoms with E-state index in [9.17, 15) is 9.59 Å². The van der Waals surface area contributed by atoms with Crippen LogP contribution >= 0.6 is 0 Å². The van der Waals surface area contributed by atoms with Gasteiger partial charge in [-0.3, -0.25) is 9.36 Å². The Labute approximate surface area is 178 Å². The Morgan fingerprint density at radius 3 is 2.84 bits per heavy atom. The zero-order valence-electron chi connectivity index (χ0n) is 16.9. The van der Waals surface area contributed by atoms with Crippen LogP contribution < -0.4 is 5.56 Å². The van der Waals surface area contributed by atoms with Crippen molar-refractivity contribution in [3.63, 3.8) is 0 Å². The topological polar surface area (TPSA) is 87.2 Å². The molecule has 0 N–H and O–H groups in total. The molecule has 1 aliphatic rings. The average molecular weight is 415 g/mol. The predicted molar refractivity (Wildman–Crippen MR) is 115 cm³/mol. The number of rotatable bonds is 4. The largest absolute Gasteiger partial charge is 0.452 e. The Balaban J connectivity index is 1.34. The molecule has 156 valence electrons. The summed E-state index contributed by atoms with van der Waals surface area (Å²) >= 11 is 0. The maximum Gasteiger partial charge on any atom is 0.338 e. The molecule has 0 unspecified atom stereocenters. The number of hydrogen-bond acceptors (Lipinski definition) is 6. The molecule has 4 aromatic rings. The van der Waals surface area contributed by atoms with Gasteiger partial charge in [0.1, 0.15) is 5.82 Å². The van der Waals surface area contributed by atoms with Crippen molar-refractivity contribution in [2.24, 2.45) is 0 Å². The van der Waals surface area contributed by atoms with Crippen molar-refractivity contribution in [1.82, 2.24) is 14.5 Å². The van der Waals surface area contributed by atoms with E-state index in [4.69, 9.17) is 9.15 Å². The number of aromatic nitrogens is 3. The van der Waals surface area contributed by atoms with Crippen LogP contribution in [0, 0.1) is 0 Å². The number of ether oxygens (including phenoxy) is 1. The normalized spacial score (nSPS) is 13.5. The minimum atomic E-state index is -0.516. The van der Waals surface area contributed by atoms with Crippen molar-refractivity contribution in [3.05, 3.63) is 82.4 Å². The molecule has 0 saturated carbocycles. The van der Waals surface area contributed by atoms with Gasteiger partial charge < -0.3 is 9.15 Å². The molecule has 0 amide bonds. The number of hydrogen-bond donors (Lipinski definition) is 0. The molecule has 0 saturated heterocycles. The van der Waals surface area contributed by atoms with Crippen LogP contribution in [0.5, 0.6) is 0 Å². The third-order valence-electron chi connectivity index (χ3n) is 5.49. The van der Waals surface area contributed by atoms with Crippen LogP contribution in [0.2, 0.25) is 0 Å². The quantitative estimate of drug-likeness (QED) is 0.466. The van der Waals surface area contributed by atoms with Gasteiger partial charge in [-0.2, -0.15) is 0 Å². The lowest BCUT2D eigenvalue weighted by atomic mass is 10.1. The van der Waals surface area contributed by atoms with Gasteiger partial charge in [-0.25, -0.2) is 14.8 Å². The van der Waals surface area contributed by atoms with Crippen LogP contribution in [0.1, 0.15) is 41.3 Å². The molecule has 7 nitrogen and oxygen atoms in total. The predicted octanol–water partition coefficient (Wildman–Crippen LogP) is 4.13. The summed E-state index contributed by atoms with van der Waals surface area (Å²) in [7, 11) is 0. The zero-order valence-corrected chi connectivity index (χ0v) is 16.9. The van der Waals surface area contributed by atoms with Crippen LogP contribution in [0.15, 0.2) is 63.9 Å². The van der Waals surface area contributed by atoms with Crippen LogP contribution in [-0.4, -0.2) is 20.5 Å². The molecule has 0 fully saturated rings. The van der Waals surface area contributed by atoms with E-state index < -0.39 is 5.97 Å². The molecule has 7 heteroatoms. The van der Waals surface area contributed by atoms with E-state index in [0.29, 0.717) is 34.7 Å². The molecular formula is C24H21N3O4. The highest BCUT2D eigenvalue weighted by molar-refractivity contribution is 5.94. The third kappa shape index (κ3) is 3.86. The lowest BCUT2D eigenvalue weighted by Gasteiger charge is -2.10. The molecule has 2 aromatic carbocycles. The van der Waals surface area contributed by atoms with Gasteiger partial charge in [0.05, 0.1) is 22.7 Å². The Bertz CT molecular complexity index is 1310. The standard InChI is InChI=1S/C24H21N3O4/c28-23-18-11-10-17(13-19(18)26-21-9-5-2-6-12-27(21)23)24(29)30-15-22-25-14-20(31-22)16-7-3-1-4-8-16/h1,3-4,7-8,10-11,13-14H,2,5-6,9,12,15H2. The highest BCUT2D eigenvalue weighted by atomic mass is 16.5. The van der Waals surface area contributed by atoms with Crippen molar-refractivity contribution in [2.75, 3.05) is 0 Å². The summed E-state index contributed by atoms with van der Waals surface area (Å²) in [6.45, 7) is 0.617. The van der Waals surface area contributed by atoms with E-state index in [0.717, 1.165) is 37.1 Å². The number of carbonyl (C=O) groups is 1. The van der Waals surface area contributed by atoms with Crippen LogP contribution in [0.4, 0.5) is 0 Å². The summed E-state index contributed by atoms with van der Waals surface area (Å²) in [5.41, 5.74) is 1.72. The highest BCUT2D eigenvalue weighted by Gasteiger charge is 2.16. The van der Waals surface area contributed by atoms with Gasteiger partial charge in [0.25, 0.3) is 5.56 Å². The summed E-state index contributed by atoms with van der Waals surface area (Å²) in [6.07, 6.45) is 5.47. The minimum absolute atomic E-state index is 0.0463. The van der Waals surface area contributed by atoms with Gasteiger partial charge in [-0.1, -0.05) is 36.8 Å². The smallest absolute Gasteiger partial charge is 0.338 e. The molecule has 0 radical (unpaired) electrons. The first-order valence-corrected chi connectivity index (χ1v) is 10.4. The zero-order chi connectivity index (χ0) is 21.2. The van der Waals surface area contributed by atoms with Gasteiger partial charge >= 0.3 is 5.97 Å². The van der Waals surface area contributed by atoms with E-state index in [-0.39, 0.29) is 12.2 Å². The number of benzene rings is 2. The second kappa shape index (κ2) is 8.18. The van der Waals surface area contributed by atoms with Crippen molar-refractivity contribution < 1.29 is 13.9 Å². The number of aryl methyl sites for hydroxylation is 1. The number of esters is 1. The monoisotopic (exact) mass is 415 g/mol. The molecule has 2 aromatic heterocycles. The highest BCUT2D eigenvalue weighted by Crippen LogP contribution is 2.21. The minimum Gasteiger partial charge on any atom is -0.452 e. The number of oxazole rings is 1. The maximum atomic E-state index is 12.8. The molecule has 0 bridgehead atoms. The molecule has 31 heavy (non-hydrogen) atoms. The molecule has 0 atom stereocenters. The summed E-state index contributed by atoms with van der Waals surface area (Å²) in [4.78, 5) is 34.2. The van der Waals surface area contributed by atoms with E-state index in [1.54, 1.807) is 29.0 Å². The average Bonchev–Trinajstić information content (AvgIpc) is 3.15. The van der Waals surface area contributed by atoms with Crippen molar-refractivity contribution in [1.29, 1.82) is 0 Å². The fourth-order valence-electron chi connectivity index (χ4n) is 3.87. The Morgan fingerprint density at radius 2 is 1.97 bits per heavy atom. The van der Waals surface area contributed by atoms with Crippen LogP contribution in [-0.2, 0) is 24.3 Å². The number of nitrogens with zero attached hydrogens (tertiary/aromatic N) is 3. The Morgan fingerprint density at radius 1 is 1.10 bits per heavy atom. The number of carbonyl (C=O) groups excluding carboxylic acids is 1. The second-order valence-corrected chi connectivity index (χ2v) is 7.59. The third-order valence-corrected chi connectivity index (χ3v) is 5.49. The van der Waals surface area contributed by atoms with Crippen molar-refractivity contribution >= 4 is 16.9 Å². The fraction of sp³-hybridized carbons (Fsp3) is 0.250. The lowest BCUT2D eigenvalue weighted by molar-refractivity contribution is 0.0439. The van der Waals surface area contributed by atoms with Crippen molar-refractivity contribution in [3.8, 4) is 11.3 Å². The molecule has 0 spiro atoms. The van der Waals surface area contributed by atoms with E-state index in [1.165, 1.54) is 0 Å². The van der Waals surface area contributed by atoms with Crippen LogP contribution in [0.3, 0.4) is 0 Å². The Hall–Kier alpha value is -3.74. The van der Waals surface area contributed by atoms with E-state index in [1.807, 2.05) is 30.3 Å². The number of fused-ring (bicyclic) bond motifs is 2. The molecule has 5 rings (SSSR count). The second-order valence-electron chi connectivity index (χ2n) is 7.59. The molecular weight excluding hydrogens is 394 g/mol. The molecule has 3 heterocycles. The first-order valence-electron chi connectivity index (χ1n) is 10.4. The van der Waals surface area contributed by atoms with Crippen molar-refractivity contribution in [2.45, 2.75) is 38.8 Å². The fourth-order valence-corrected chi connectivity index (χ4v) is 3.87. The van der Waals surface area contributed by atoms with Gasteiger partial charge in [0, 0.05) is 18.5 Å². The first-order chi connectivity index (χ1) is 15.2. The summed E-state index contributed by atoms with van der Waals surface area (Å²) in [6, 6.07) is 14.5. The summed E-state index contributed by atoms with van der Waals surface area (Å²) in [5.74, 6) is 1.20. The van der Waals surface area contributed by atoms with Gasteiger partial charge in [-0.05, 0) is 31.0 Å². The van der Waals surface area contributed by atoms with Gasteiger partial charge in [-0.15, -0.1) is 0 Å². The van der Waals surface area contributed by atoms with E-state index >= 15 is 0 Å². The lowest BCUT2D eigenvalue weighted by Crippen LogP contribution is -2.24. The first kappa shape index (κ1) is 19.2. The summed E-state index contributed by atoms with van der Waals surface area (Å²) < 4.78 is 12.8. The maximum absolute atomic E-state index is 12.8. The van der Waals surface area contributed by atoms with Gasteiger partial charge in [0.2, 0.25) is 5.89 Å². The van der Waals surface area contributed by atoms with Gasteiger partial charge in [0.15, 0.2) is 12.4 Å². The molecule has 0 aliphatic carbocycles.